The zero-order chi connectivity index (χ0) is 22.0. The number of amides is 2. The van der Waals surface area contributed by atoms with Crippen molar-refractivity contribution in [2.45, 2.75) is 63.2 Å². The highest BCUT2D eigenvalue weighted by Crippen LogP contribution is 2.35. The number of carbonyl (C=O) groups is 2. The Kier molecular flexibility index (Phi) is 6.39. The van der Waals surface area contributed by atoms with Crippen molar-refractivity contribution in [1.29, 1.82) is 0 Å². The second-order valence-electron chi connectivity index (χ2n) is 9.14. The van der Waals surface area contributed by atoms with E-state index in [9.17, 15) is 9.59 Å². The molecule has 2 aliphatic heterocycles. The van der Waals surface area contributed by atoms with Crippen LogP contribution < -0.4 is 10.6 Å². The quantitative estimate of drug-likeness (QED) is 0.716. The van der Waals surface area contributed by atoms with Gasteiger partial charge in [-0.3, -0.25) is 9.59 Å². The van der Waals surface area contributed by atoms with Crippen molar-refractivity contribution in [3.8, 4) is 0 Å². The van der Waals surface area contributed by atoms with E-state index in [0.717, 1.165) is 42.2 Å². The minimum Gasteiger partial charge on any atom is -0.376 e. The standard InChI is InChI=1S/C23H30N4O3S/c1-23(2,3)16-8-6-15(7-9-16)22(29)25-21-18-13-31-14-19(18)26-27(21)12-20(28)24-11-17-5-4-10-30-17/h6-9,17H,4-5,10-14H2,1-3H3,(H,24,28)(H,25,29). The summed E-state index contributed by atoms with van der Waals surface area (Å²) in [6.45, 7) is 7.78. The van der Waals surface area contributed by atoms with Crippen LogP contribution in [0.5, 0.6) is 0 Å². The lowest BCUT2D eigenvalue weighted by molar-refractivity contribution is -0.122. The highest BCUT2D eigenvalue weighted by Gasteiger charge is 2.26. The van der Waals surface area contributed by atoms with Crippen molar-refractivity contribution < 1.29 is 14.3 Å². The normalized spacial score (nSPS) is 18.1. The van der Waals surface area contributed by atoms with E-state index in [2.05, 4.69) is 36.5 Å². The molecule has 0 radical (unpaired) electrons. The summed E-state index contributed by atoms with van der Waals surface area (Å²) in [7, 11) is 0. The molecule has 1 atom stereocenters. The molecule has 166 valence electrons. The predicted molar refractivity (Wildman–Crippen MR) is 122 cm³/mol. The van der Waals surface area contributed by atoms with E-state index in [4.69, 9.17) is 4.74 Å². The number of anilines is 1. The summed E-state index contributed by atoms with van der Waals surface area (Å²) >= 11 is 1.76. The molecule has 1 aromatic heterocycles. The summed E-state index contributed by atoms with van der Waals surface area (Å²) in [5.41, 5.74) is 3.74. The van der Waals surface area contributed by atoms with Crippen LogP contribution in [0.25, 0.3) is 0 Å². The Morgan fingerprint density at radius 1 is 1.23 bits per heavy atom. The average molecular weight is 443 g/mol. The van der Waals surface area contributed by atoms with Gasteiger partial charge in [0.1, 0.15) is 12.4 Å². The van der Waals surface area contributed by atoms with Crippen molar-refractivity contribution >= 4 is 29.4 Å². The average Bonchev–Trinajstić information content (AvgIpc) is 3.46. The Bertz CT molecular complexity index is 956. The number of ether oxygens (including phenoxy) is 1. The van der Waals surface area contributed by atoms with Crippen molar-refractivity contribution in [1.82, 2.24) is 15.1 Å². The van der Waals surface area contributed by atoms with Crippen LogP contribution in [0.4, 0.5) is 5.82 Å². The number of rotatable bonds is 6. The molecule has 2 aliphatic rings. The van der Waals surface area contributed by atoms with Gasteiger partial charge in [-0.2, -0.15) is 16.9 Å². The highest BCUT2D eigenvalue weighted by atomic mass is 32.2. The summed E-state index contributed by atoms with van der Waals surface area (Å²) < 4.78 is 7.18. The molecule has 2 amide bonds. The zero-order valence-electron chi connectivity index (χ0n) is 18.4. The molecule has 1 unspecified atom stereocenters. The molecule has 7 nitrogen and oxygen atoms in total. The number of aromatic nitrogens is 2. The Morgan fingerprint density at radius 3 is 2.68 bits per heavy atom. The van der Waals surface area contributed by atoms with Gasteiger partial charge in [-0.05, 0) is 36.0 Å². The van der Waals surface area contributed by atoms with E-state index >= 15 is 0 Å². The number of hydrogen-bond donors (Lipinski definition) is 2. The minimum atomic E-state index is -0.193. The number of benzene rings is 1. The summed E-state index contributed by atoms with van der Waals surface area (Å²) in [5, 5.41) is 10.5. The summed E-state index contributed by atoms with van der Waals surface area (Å²) in [5.74, 6) is 1.88. The van der Waals surface area contributed by atoms with Crippen LogP contribution >= 0.6 is 11.8 Å². The van der Waals surface area contributed by atoms with Gasteiger partial charge in [0.05, 0.1) is 11.8 Å². The maximum atomic E-state index is 12.9. The third-order valence-electron chi connectivity index (χ3n) is 5.71. The minimum absolute atomic E-state index is 0.0303. The molecule has 31 heavy (non-hydrogen) atoms. The van der Waals surface area contributed by atoms with Crippen molar-refractivity contribution in [2.24, 2.45) is 0 Å². The van der Waals surface area contributed by atoms with Gasteiger partial charge in [-0.25, -0.2) is 4.68 Å². The fourth-order valence-electron chi connectivity index (χ4n) is 3.85. The highest BCUT2D eigenvalue weighted by molar-refractivity contribution is 7.98. The Balaban J connectivity index is 1.46. The van der Waals surface area contributed by atoms with Crippen LogP contribution in [0, 0.1) is 0 Å². The van der Waals surface area contributed by atoms with E-state index in [-0.39, 0.29) is 29.9 Å². The molecule has 8 heteroatoms. The van der Waals surface area contributed by atoms with Gasteiger partial charge in [-0.15, -0.1) is 0 Å². The molecule has 0 bridgehead atoms. The lowest BCUT2D eigenvalue weighted by atomic mass is 9.87. The first kappa shape index (κ1) is 21.9. The molecule has 1 aromatic carbocycles. The maximum Gasteiger partial charge on any atom is 0.256 e. The lowest BCUT2D eigenvalue weighted by Crippen LogP contribution is -2.34. The molecule has 2 N–H and O–H groups in total. The predicted octanol–water partition coefficient (Wildman–Crippen LogP) is 3.47. The van der Waals surface area contributed by atoms with E-state index < -0.39 is 0 Å². The monoisotopic (exact) mass is 442 g/mol. The molecule has 0 spiro atoms. The Labute approximate surface area is 187 Å². The fraction of sp³-hybridized carbons (Fsp3) is 0.522. The van der Waals surface area contributed by atoms with Gasteiger partial charge in [-0.1, -0.05) is 32.9 Å². The Morgan fingerprint density at radius 2 is 2.00 bits per heavy atom. The molecule has 0 aliphatic carbocycles. The number of carbonyl (C=O) groups excluding carboxylic acids is 2. The first-order valence-corrected chi connectivity index (χ1v) is 11.9. The van der Waals surface area contributed by atoms with Gasteiger partial charge in [0, 0.05) is 35.8 Å². The third-order valence-corrected chi connectivity index (χ3v) is 6.68. The molecule has 1 saturated heterocycles. The number of fused-ring (bicyclic) bond motifs is 1. The van der Waals surface area contributed by atoms with Gasteiger partial charge in [0.2, 0.25) is 5.91 Å². The number of hydrogen-bond acceptors (Lipinski definition) is 5. The Hall–Kier alpha value is -2.32. The molecule has 4 rings (SSSR count). The lowest BCUT2D eigenvalue weighted by Gasteiger charge is -2.19. The maximum absolute atomic E-state index is 12.9. The first-order chi connectivity index (χ1) is 14.8. The molecule has 1 fully saturated rings. The summed E-state index contributed by atoms with van der Waals surface area (Å²) in [4.78, 5) is 25.4. The second-order valence-corrected chi connectivity index (χ2v) is 10.1. The van der Waals surface area contributed by atoms with E-state index in [1.54, 1.807) is 16.4 Å². The van der Waals surface area contributed by atoms with E-state index in [1.165, 1.54) is 5.56 Å². The van der Waals surface area contributed by atoms with E-state index in [1.807, 2.05) is 24.3 Å². The smallest absolute Gasteiger partial charge is 0.256 e. The van der Waals surface area contributed by atoms with Gasteiger partial charge < -0.3 is 15.4 Å². The first-order valence-electron chi connectivity index (χ1n) is 10.8. The number of thioether (sulfide) groups is 1. The SMILES string of the molecule is CC(C)(C)c1ccc(C(=O)Nc2c3c(nn2CC(=O)NCC2CCCO2)CSC3)cc1. The van der Waals surface area contributed by atoms with Gasteiger partial charge in [0.25, 0.3) is 5.91 Å². The van der Waals surface area contributed by atoms with Crippen LogP contribution in [-0.2, 0) is 33.0 Å². The van der Waals surface area contributed by atoms with Crippen LogP contribution in [-0.4, -0.2) is 40.9 Å². The topological polar surface area (TPSA) is 85.2 Å². The third kappa shape index (κ3) is 5.13. The van der Waals surface area contributed by atoms with Crippen molar-refractivity contribution in [3.63, 3.8) is 0 Å². The zero-order valence-corrected chi connectivity index (χ0v) is 19.2. The molecular weight excluding hydrogens is 412 g/mol. The van der Waals surface area contributed by atoms with Crippen LogP contribution in [0.3, 0.4) is 0 Å². The van der Waals surface area contributed by atoms with Gasteiger partial charge in [0.15, 0.2) is 0 Å². The fourth-order valence-corrected chi connectivity index (χ4v) is 4.88. The van der Waals surface area contributed by atoms with Crippen molar-refractivity contribution in [2.75, 3.05) is 18.5 Å². The van der Waals surface area contributed by atoms with Gasteiger partial charge >= 0.3 is 0 Å². The molecular formula is C23H30N4O3S. The van der Waals surface area contributed by atoms with Crippen molar-refractivity contribution in [3.05, 3.63) is 46.6 Å². The van der Waals surface area contributed by atoms with Crippen LogP contribution in [0.15, 0.2) is 24.3 Å². The van der Waals surface area contributed by atoms with E-state index in [0.29, 0.717) is 17.9 Å². The second kappa shape index (κ2) is 9.04. The summed E-state index contributed by atoms with van der Waals surface area (Å²) in [6, 6.07) is 7.68. The number of nitrogens with zero attached hydrogens (tertiary/aromatic N) is 2. The summed E-state index contributed by atoms with van der Waals surface area (Å²) in [6.07, 6.45) is 2.11. The van der Waals surface area contributed by atoms with Crippen LogP contribution in [0.1, 0.15) is 60.8 Å². The molecule has 0 saturated carbocycles. The van der Waals surface area contributed by atoms with Crippen LogP contribution in [0.2, 0.25) is 0 Å². The molecule has 2 aromatic rings. The number of nitrogens with one attached hydrogen (secondary N) is 2. The largest absolute Gasteiger partial charge is 0.376 e. The molecule has 3 heterocycles.